The summed E-state index contributed by atoms with van der Waals surface area (Å²) >= 11 is 1.43. The van der Waals surface area contributed by atoms with Gasteiger partial charge in [-0.15, -0.1) is 11.8 Å². The predicted molar refractivity (Wildman–Crippen MR) is 75.9 cm³/mol. The molecule has 1 fully saturated rings. The highest BCUT2D eigenvalue weighted by molar-refractivity contribution is 7.98. The quantitative estimate of drug-likeness (QED) is 0.491. The van der Waals surface area contributed by atoms with Crippen LogP contribution in [0.15, 0.2) is 23.1 Å². The van der Waals surface area contributed by atoms with Crippen molar-refractivity contribution in [3.05, 3.63) is 33.9 Å². The molecule has 2 N–H and O–H groups in total. The first-order valence-corrected chi connectivity index (χ1v) is 7.52. The zero-order valence-corrected chi connectivity index (χ0v) is 11.9. The van der Waals surface area contributed by atoms with E-state index in [1.165, 1.54) is 23.9 Å². The molecule has 7 heteroatoms. The number of thioether (sulfide) groups is 1. The van der Waals surface area contributed by atoms with Gasteiger partial charge < -0.3 is 10.4 Å². The van der Waals surface area contributed by atoms with E-state index in [1.807, 2.05) is 6.26 Å². The number of carbonyl (C=O) groups excluding carboxylic acids is 1. The molecule has 1 aromatic carbocycles. The van der Waals surface area contributed by atoms with Crippen LogP contribution in [0.2, 0.25) is 0 Å². The first-order chi connectivity index (χ1) is 9.51. The third-order valence-electron chi connectivity index (χ3n) is 3.41. The molecular weight excluding hydrogens is 280 g/mol. The summed E-state index contributed by atoms with van der Waals surface area (Å²) in [6.07, 6.45) is 2.92. The molecular formula is C13H16N2O4S. The fraction of sp³-hybridized carbons (Fsp3) is 0.462. The van der Waals surface area contributed by atoms with Crippen LogP contribution < -0.4 is 5.32 Å². The summed E-state index contributed by atoms with van der Waals surface area (Å²) in [5, 5.41) is 22.8. The number of aliphatic hydroxyl groups excluding tert-OH is 1. The van der Waals surface area contributed by atoms with E-state index in [0.717, 1.165) is 4.90 Å². The van der Waals surface area contributed by atoms with Crippen molar-refractivity contribution in [2.45, 2.75) is 23.8 Å². The van der Waals surface area contributed by atoms with Gasteiger partial charge in [-0.05, 0) is 37.1 Å². The van der Waals surface area contributed by atoms with Crippen LogP contribution in [0.25, 0.3) is 0 Å². The van der Waals surface area contributed by atoms with Crippen LogP contribution in [-0.2, 0) is 0 Å². The lowest BCUT2D eigenvalue weighted by atomic mass is 9.82. The monoisotopic (exact) mass is 296 g/mol. The normalized spacial score (nSPS) is 21.1. The summed E-state index contributed by atoms with van der Waals surface area (Å²) in [6, 6.07) is 4.52. The highest BCUT2D eigenvalue weighted by atomic mass is 32.2. The van der Waals surface area contributed by atoms with Crippen molar-refractivity contribution in [2.75, 3.05) is 12.8 Å². The summed E-state index contributed by atoms with van der Waals surface area (Å²) in [6.45, 7) is 0.441. The van der Waals surface area contributed by atoms with Crippen molar-refractivity contribution < 1.29 is 14.8 Å². The summed E-state index contributed by atoms with van der Waals surface area (Å²) < 4.78 is 0. The second kappa shape index (κ2) is 6.23. The number of hydrogen-bond acceptors (Lipinski definition) is 5. The molecule has 0 radical (unpaired) electrons. The van der Waals surface area contributed by atoms with Crippen molar-refractivity contribution in [1.29, 1.82) is 0 Å². The molecule has 0 spiro atoms. The number of hydrogen-bond donors (Lipinski definition) is 2. The van der Waals surface area contributed by atoms with Crippen LogP contribution in [-0.4, -0.2) is 34.8 Å². The minimum absolute atomic E-state index is 0.0849. The van der Waals surface area contributed by atoms with E-state index < -0.39 is 10.8 Å². The Morgan fingerprint density at radius 3 is 2.80 bits per heavy atom. The molecule has 1 aliphatic carbocycles. The number of nitrogens with zero attached hydrogens (tertiary/aromatic N) is 1. The van der Waals surface area contributed by atoms with E-state index in [-0.39, 0.29) is 23.3 Å². The Morgan fingerprint density at radius 2 is 2.25 bits per heavy atom. The number of carbonyl (C=O) groups is 1. The molecule has 0 saturated heterocycles. The fourth-order valence-electron chi connectivity index (χ4n) is 2.18. The molecule has 1 saturated carbocycles. The maximum Gasteiger partial charge on any atom is 0.282 e. The Bertz CT molecular complexity index is 529. The van der Waals surface area contributed by atoms with Crippen molar-refractivity contribution >= 4 is 23.4 Å². The van der Waals surface area contributed by atoms with Crippen LogP contribution in [0.1, 0.15) is 23.2 Å². The number of nitrogens with one attached hydrogen (secondary N) is 1. The van der Waals surface area contributed by atoms with Gasteiger partial charge in [-0.2, -0.15) is 0 Å². The van der Waals surface area contributed by atoms with Gasteiger partial charge in [0.1, 0.15) is 5.56 Å². The van der Waals surface area contributed by atoms with Gasteiger partial charge in [0.25, 0.3) is 11.6 Å². The van der Waals surface area contributed by atoms with E-state index in [9.17, 15) is 20.0 Å². The molecule has 108 valence electrons. The van der Waals surface area contributed by atoms with E-state index in [2.05, 4.69) is 5.32 Å². The number of aliphatic hydroxyl groups is 1. The molecule has 0 heterocycles. The van der Waals surface area contributed by atoms with Crippen molar-refractivity contribution in [2.24, 2.45) is 5.92 Å². The second-order valence-corrected chi connectivity index (χ2v) is 5.72. The SMILES string of the molecule is CSc1ccc([N+](=O)[O-])c(C(=O)NCC2CC(O)C2)c1. The third-order valence-corrected chi connectivity index (χ3v) is 4.13. The van der Waals surface area contributed by atoms with Crippen LogP contribution >= 0.6 is 11.8 Å². The topological polar surface area (TPSA) is 92.5 Å². The maximum absolute atomic E-state index is 12.1. The minimum atomic E-state index is -0.549. The smallest absolute Gasteiger partial charge is 0.282 e. The fourth-order valence-corrected chi connectivity index (χ4v) is 2.62. The molecule has 1 aromatic rings. The lowest BCUT2D eigenvalue weighted by Crippen LogP contribution is -2.38. The molecule has 20 heavy (non-hydrogen) atoms. The average molecular weight is 296 g/mol. The van der Waals surface area contributed by atoms with Crippen LogP contribution in [0, 0.1) is 16.0 Å². The largest absolute Gasteiger partial charge is 0.393 e. The molecule has 0 aliphatic heterocycles. The van der Waals surface area contributed by atoms with Gasteiger partial charge >= 0.3 is 0 Å². The first-order valence-electron chi connectivity index (χ1n) is 6.30. The second-order valence-electron chi connectivity index (χ2n) is 4.84. The summed E-state index contributed by atoms with van der Waals surface area (Å²) in [5.41, 5.74) is -0.101. The summed E-state index contributed by atoms with van der Waals surface area (Å²) in [5.74, 6) is -0.175. The first kappa shape index (κ1) is 14.8. The zero-order chi connectivity index (χ0) is 14.7. The highest BCUT2D eigenvalue weighted by Crippen LogP contribution is 2.27. The predicted octanol–water partition coefficient (Wildman–Crippen LogP) is 1.82. The number of rotatable bonds is 5. The van der Waals surface area contributed by atoms with Crippen molar-refractivity contribution in [3.8, 4) is 0 Å². The molecule has 6 nitrogen and oxygen atoms in total. The standard InChI is InChI=1S/C13H16N2O4S/c1-20-10-2-3-12(15(18)19)11(6-10)13(17)14-7-8-4-9(16)5-8/h2-3,6,8-9,16H,4-5,7H2,1H3,(H,14,17). The lowest BCUT2D eigenvalue weighted by Gasteiger charge is -2.31. The van der Waals surface area contributed by atoms with Crippen molar-refractivity contribution in [1.82, 2.24) is 5.32 Å². The van der Waals surface area contributed by atoms with Gasteiger partial charge in [0.15, 0.2) is 0 Å². The van der Waals surface area contributed by atoms with Gasteiger partial charge in [0.05, 0.1) is 11.0 Å². The van der Waals surface area contributed by atoms with Crippen LogP contribution in [0.5, 0.6) is 0 Å². The van der Waals surface area contributed by atoms with Crippen LogP contribution in [0.4, 0.5) is 5.69 Å². The number of benzene rings is 1. The van der Waals surface area contributed by atoms with Gasteiger partial charge in [-0.1, -0.05) is 0 Å². The molecule has 0 aromatic heterocycles. The highest BCUT2D eigenvalue weighted by Gasteiger charge is 2.28. The molecule has 2 rings (SSSR count). The maximum atomic E-state index is 12.1. The summed E-state index contributed by atoms with van der Waals surface area (Å²) in [7, 11) is 0. The third kappa shape index (κ3) is 3.29. The van der Waals surface area contributed by atoms with E-state index in [1.54, 1.807) is 6.07 Å². The van der Waals surface area contributed by atoms with Gasteiger partial charge in [0.2, 0.25) is 0 Å². The molecule has 0 unspecified atom stereocenters. The summed E-state index contributed by atoms with van der Waals surface area (Å²) in [4.78, 5) is 23.3. The molecule has 0 bridgehead atoms. The van der Waals surface area contributed by atoms with Crippen LogP contribution in [0.3, 0.4) is 0 Å². The van der Waals surface area contributed by atoms with Gasteiger partial charge in [0, 0.05) is 17.5 Å². The Hall–Kier alpha value is -1.60. The van der Waals surface area contributed by atoms with Crippen molar-refractivity contribution in [3.63, 3.8) is 0 Å². The number of nitro groups is 1. The minimum Gasteiger partial charge on any atom is -0.393 e. The van der Waals surface area contributed by atoms with E-state index in [4.69, 9.17) is 0 Å². The lowest BCUT2D eigenvalue weighted by molar-refractivity contribution is -0.385. The van der Waals surface area contributed by atoms with Gasteiger partial charge in [-0.25, -0.2) is 0 Å². The van der Waals surface area contributed by atoms with E-state index in [0.29, 0.717) is 19.4 Å². The number of nitro benzene ring substituents is 1. The molecule has 0 atom stereocenters. The van der Waals surface area contributed by atoms with E-state index >= 15 is 0 Å². The Balaban J connectivity index is 2.08. The number of amides is 1. The Morgan fingerprint density at radius 1 is 1.55 bits per heavy atom. The average Bonchev–Trinajstić information content (AvgIpc) is 2.41. The molecule has 1 amide bonds. The zero-order valence-electron chi connectivity index (χ0n) is 11.0. The molecule has 1 aliphatic rings. The Kier molecular flexibility index (Phi) is 4.61. The Labute approximate surface area is 120 Å². The van der Waals surface area contributed by atoms with Gasteiger partial charge in [-0.3, -0.25) is 14.9 Å².